The standard InChI is InChI=1S/C47H49N5O8S/c1-30-13-17-37(18-14-30)61(56,57)52-29-38(33-19-22-48-35(25-33)27-39(53)42(32-11-9-8-10-12-32)50-44(54)59-46(2,3)4)41-40(20-23-49-43(41)52)58-36-16-15-31-21-24-51(28-34(31)26-36)45(55)60-47(5,6)7/h8-20,22-23,25-26,29,42H,21,24,27-28H2,1-7H3,(H,50,54). The number of carbonyl (C=O) groups is 3. The summed E-state index contributed by atoms with van der Waals surface area (Å²) in [4.78, 5) is 50.7. The summed E-state index contributed by atoms with van der Waals surface area (Å²) in [6, 6.07) is 25.2. The fraction of sp³-hybridized carbons (Fsp3) is 0.298. The predicted octanol–water partition coefficient (Wildman–Crippen LogP) is 9.11. The summed E-state index contributed by atoms with van der Waals surface area (Å²) in [6.45, 7) is 13.4. The van der Waals surface area contributed by atoms with Gasteiger partial charge in [0.2, 0.25) is 0 Å². The number of pyridine rings is 2. The fourth-order valence-corrected chi connectivity index (χ4v) is 8.38. The third kappa shape index (κ3) is 9.92. The number of nitrogens with zero attached hydrogens (tertiary/aromatic N) is 4. The smallest absolute Gasteiger partial charge is 0.410 e. The van der Waals surface area contributed by atoms with Gasteiger partial charge < -0.3 is 24.4 Å². The van der Waals surface area contributed by atoms with Crippen molar-refractivity contribution in [2.24, 2.45) is 0 Å². The van der Waals surface area contributed by atoms with E-state index in [9.17, 15) is 22.8 Å². The Morgan fingerprint density at radius 2 is 1.52 bits per heavy atom. The molecule has 13 nitrogen and oxygen atoms in total. The highest BCUT2D eigenvalue weighted by Gasteiger charge is 2.29. The average Bonchev–Trinajstić information content (AvgIpc) is 3.61. The maximum absolute atomic E-state index is 14.3. The van der Waals surface area contributed by atoms with Gasteiger partial charge in [0.05, 0.1) is 16.7 Å². The zero-order valence-electron chi connectivity index (χ0n) is 35.3. The van der Waals surface area contributed by atoms with Crippen molar-refractivity contribution >= 4 is 39.0 Å². The number of amides is 2. The predicted molar refractivity (Wildman–Crippen MR) is 231 cm³/mol. The van der Waals surface area contributed by atoms with E-state index in [0.29, 0.717) is 58.8 Å². The van der Waals surface area contributed by atoms with Gasteiger partial charge >= 0.3 is 12.2 Å². The Balaban J connectivity index is 1.27. The van der Waals surface area contributed by atoms with Crippen molar-refractivity contribution in [3.05, 3.63) is 138 Å². The first-order chi connectivity index (χ1) is 28.8. The lowest BCUT2D eigenvalue weighted by Crippen LogP contribution is -2.39. The second-order valence-corrected chi connectivity index (χ2v) is 18.8. The van der Waals surface area contributed by atoms with E-state index in [1.807, 2.05) is 52.0 Å². The quantitative estimate of drug-likeness (QED) is 0.141. The number of Topliss-reactive ketones (excluding diaryl/α,β-unsaturated/α-hetero) is 1. The highest BCUT2D eigenvalue weighted by Crippen LogP contribution is 2.40. The highest BCUT2D eigenvalue weighted by atomic mass is 32.2. The molecule has 316 valence electrons. The van der Waals surface area contributed by atoms with Crippen LogP contribution in [-0.4, -0.2) is 63.0 Å². The second kappa shape index (κ2) is 16.8. The molecule has 0 bridgehead atoms. The minimum Gasteiger partial charge on any atom is -0.457 e. The van der Waals surface area contributed by atoms with Crippen molar-refractivity contribution < 1.29 is 37.0 Å². The molecule has 1 aliphatic rings. The van der Waals surface area contributed by atoms with E-state index in [2.05, 4.69) is 15.3 Å². The topological polar surface area (TPSA) is 159 Å². The minimum atomic E-state index is -4.17. The Morgan fingerprint density at radius 3 is 2.23 bits per heavy atom. The molecule has 0 aliphatic carbocycles. The van der Waals surface area contributed by atoms with Crippen molar-refractivity contribution in [2.75, 3.05) is 6.54 Å². The Kier molecular flexibility index (Phi) is 11.8. The number of benzene rings is 3. The second-order valence-electron chi connectivity index (χ2n) is 17.0. The van der Waals surface area contributed by atoms with Crippen molar-refractivity contribution in [1.82, 2.24) is 24.2 Å². The van der Waals surface area contributed by atoms with Crippen LogP contribution in [0.2, 0.25) is 0 Å². The molecule has 4 heterocycles. The van der Waals surface area contributed by atoms with Gasteiger partial charge in [0.15, 0.2) is 11.4 Å². The average molecular weight is 844 g/mol. The zero-order valence-corrected chi connectivity index (χ0v) is 36.1. The number of fused-ring (bicyclic) bond motifs is 2. The van der Waals surface area contributed by atoms with Crippen molar-refractivity contribution in [3.8, 4) is 22.6 Å². The van der Waals surface area contributed by atoms with E-state index in [4.69, 9.17) is 14.2 Å². The molecule has 0 saturated heterocycles. The van der Waals surface area contributed by atoms with Crippen LogP contribution in [0.3, 0.4) is 0 Å². The molecule has 0 saturated carbocycles. The number of ether oxygens (including phenoxy) is 3. The summed E-state index contributed by atoms with van der Waals surface area (Å²) in [5.74, 6) is 0.468. The molecule has 7 rings (SSSR count). The van der Waals surface area contributed by atoms with Gasteiger partial charge in [-0.25, -0.2) is 27.0 Å². The molecule has 2 amide bonds. The van der Waals surface area contributed by atoms with Gasteiger partial charge in [-0.3, -0.25) is 9.78 Å². The summed E-state index contributed by atoms with van der Waals surface area (Å²) in [5.41, 5.74) is 3.57. The van der Waals surface area contributed by atoms with E-state index in [-0.39, 0.29) is 22.7 Å². The number of aromatic nitrogens is 3. The van der Waals surface area contributed by atoms with Crippen LogP contribution < -0.4 is 10.1 Å². The normalized spacial score (nSPS) is 13.6. The molecule has 0 spiro atoms. The van der Waals surface area contributed by atoms with E-state index < -0.39 is 39.5 Å². The Morgan fingerprint density at radius 1 is 0.820 bits per heavy atom. The lowest BCUT2D eigenvalue weighted by Gasteiger charge is -2.31. The van der Waals surface area contributed by atoms with Crippen molar-refractivity contribution in [1.29, 1.82) is 0 Å². The van der Waals surface area contributed by atoms with Gasteiger partial charge in [-0.1, -0.05) is 54.1 Å². The van der Waals surface area contributed by atoms with Crippen LogP contribution in [-0.2, 0) is 43.7 Å². The third-order valence-corrected chi connectivity index (χ3v) is 11.5. The van der Waals surface area contributed by atoms with Gasteiger partial charge in [0.25, 0.3) is 10.0 Å². The zero-order chi connectivity index (χ0) is 43.7. The Hall–Kier alpha value is -6.54. The molecule has 3 aromatic heterocycles. The SMILES string of the molecule is Cc1ccc(S(=O)(=O)n2cc(-c3ccnc(CC(=O)C(NC(=O)OC(C)(C)C)c4ccccc4)c3)c3c(Oc4ccc5c(c4)CN(C(=O)OC(C)(C)C)CC5)ccnc32)cc1. The largest absolute Gasteiger partial charge is 0.457 e. The number of ketones is 1. The number of hydrogen-bond donors (Lipinski definition) is 1. The molecule has 1 unspecified atom stereocenters. The summed E-state index contributed by atoms with van der Waals surface area (Å²) in [5, 5.41) is 3.13. The molecule has 6 aromatic rings. The molecule has 61 heavy (non-hydrogen) atoms. The summed E-state index contributed by atoms with van der Waals surface area (Å²) >= 11 is 0. The first kappa shape index (κ1) is 42.6. The van der Waals surface area contributed by atoms with Gasteiger partial charge in [0.1, 0.15) is 28.7 Å². The number of hydrogen-bond acceptors (Lipinski definition) is 10. The fourth-order valence-electron chi connectivity index (χ4n) is 7.06. The number of rotatable bonds is 10. The monoisotopic (exact) mass is 843 g/mol. The number of nitrogens with one attached hydrogen (secondary N) is 1. The number of alkyl carbamates (subject to hydrolysis) is 1. The molecular formula is C47H49N5O8S. The van der Waals surface area contributed by atoms with Crippen LogP contribution in [0.1, 0.15) is 75.5 Å². The van der Waals surface area contributed by atoms with Crippen LogP contribution in [0.15, 0.2) is 114 Å². The first-order valence-electron chi connectivity index (χ1n) is 20.0. The lowest BCUT2D eigenvalue weighted by atomic mass is 9.98. The lowest BCUT2D eigenvalue weighted by molar-refractivity contribution is -0.120. The number of aryl methyl sites for hydroxylation is 1. The van der Waals surface area contributed by atoms with Gasteiger partial charge in [-0.2, -0.15) is 0 Å². The molecule has 1 N–H and O–H groups in total. The van der Waals surface area contributed by atoms with E-state index in [1.165, 1.54) is 12.4 Å². The molecule has 1 aliphatic heterocycles. The molecular weight excluding hydrogens is 795 g/mol. The van der Waals surface area contributed by atoms with Crippen molar-refractivity contribution in [3.63, 3.8) is 0 Å². The van der Waals surface area contributed by atoms with E-state index >= 15 is 0 Å². The molecule has 0 fully saturated rings. The number of carbonyl (C=O) groups excluding carboxylic acids is 3. The van der Waals surface area contributed by atoms with E-state index in [0.717, 1.165) is 20.7 Å². The van der Waals surface area contributed by atoms with Crippen molar-refractivity contribution in [2.45, 2.75) is 90.0 Å². The summed E-state index contributed by atoms with van der Waals surface area (Å²) in [7, 11) is -4.17. The van der Waals surface area contributed by atoms with Gasteiger partial charge in [0, 0.05) is 42.9 Å². The van der Waals surface area contributed by atoms with Crippen LogP contribution in [0.25, 0.3) is 22.2 Å². The van der Waals surface area contributed by atoms with Crippen LogP contribution in [0, 0.1) is 6.92 Å². The summed E-state index contributed by atoms with van der Waals surface area (Å²) in [6.07, 6.45) is 3.89. The van der Waals surface area contributed by atoms with Crippen LogP contribution >= 0.6 is 0 Å². The highest BCUT2D eigenvalue weighted by molar-refractivity contribution is 7.90. The molecule has 0 radical (unpaired) electrons. The maximum atomic E-state index is 14.3. The van der Waals surface area contributed by atoms with Gasteiger partial charge in [-0.05, 0) is 120 Å². The first-order valence-corrected chi connectivity index (χ1v) is 21.4. The Labute approximate surface area is 355 Å². The van der Waals surface area contributed by atoms with Crippen LogP contribution in [0.5, 0.6) is 11.5 Å². The van der Waals surface area contributed by atoms with Gasteiger partial charge in [-0.15, -0.1) is 0 Å². The maximum Gasteiger partial charge on any atom is 0.410 e. The van der Waals surface area contributed by atoms with E-state index in [1.54, 1.807) is 98.6 Å². The molecule has 3 aromatic carbocycles. The van der Waals surface area contributed by atoms with Crippen LogP contribution in [0.4, 0.5) is 9.59 Å². The Bertz CT molecular complexity index is 2720. The molecule has 1 atom stereocenters. The molecule has 14 heteroatoms. The minimum absolute atomic E-state index is 0.0735. The third-order valence-electron chi connectivity index (χ3n) is 9.86. The summed E-state index contributed by atoms with van der Waals surface area (Å²) < 4.78 is 47.5.